The predicted octanol–water partition coefficient (Wildman–Crippen LogP) is 1.79. The largest absolute Gasteiger partial charge is 0.469 e. The molecule has 1 aromatic heterocycles. The molecule has 0 spiro atoms. The van der Waals surface area contributed by atoms with Gasteiger partial charge in [-0.3, -0.25) is 4.79 Å². The highest BCUT2D eigenvalue weighted by Gasteiger charge is 2.35. The average molecular weight is 292 g/mol. The number of aryl methyl sites for hydroxylation is 1. The van der Waals surface area contributed by atoms with Crippen LogP contribution in [0.25, 0.3) is 0 Å². The molecule has 1 aromatic rings. The second-order valence-corrected chi connectivity index (χ2v) is 5.96. The van der Waals surface area contributed by atoms with Crippen molar-refractivity contribution in [2.75, 3.05) is 19.8 Å². The molecule has 2 heterocycles. The summed E-state index contributed by atoms with van der Waals surface area (Å²) in [6.45, 7) is 4.19. The lowest BCUT2D eigenvalue weighted by Gasteiger charge is -2.25. The Morgan fingerprint density at radius 2 is 2.33 bits per heavy atom. The molecule has 5 heteroatoms. The van der Waals surface area contributed by atoms with Gasteiger partial charge in [0.15, 0.2) is 0 Å². The summed E-state index contributed by atoms with van der Waals surface area (Å²) in [5.74, 6) is 1.03. The summed E-state index contributed by atoms with van der Waals surface area (Å²) in [6, 6.07) is 2.21. The lowest BCUT2D eigenvalue weighted by molar-refractivity contribution is -0.126. The monoisotopic (exact) mass is 292 g/mol. The Kier molecular flexibility index (Phi) is 4.60. The van der Waals surface area contributed by atoms with Crippen LogP contribution >= 0.6 is 0 Å². The van der Waals surface area contributed by atoms with Crippen molar-refractivity contribution in [1.29, 1.82) is 0 Å². The first-order valence-corrected chi connectivity index (χ1v) is 7.97. The summed E-state index contributed by atoms with van der Waals surface area (Å²) in [4.78, 5) is 12.6. The molecule has 116 valence electrons. The molecule has 0 saturated carbocycles. The Balaban J connectivity index is 1.62. The van der Waals surface area contributed by atoms with Gasteiger partial charge in [0, 0.05) is 18.0 Å². The van der Waals surface area contributed by atoms with Crippen LogP contribution in [0.3, 0.4) is 0 Å². The second kappa shape index (κ2) is 6.62. The fourth-order valence-electron chi connectivity index (χ4n) is 3.26. The van der Waals surface area contributed by atoms with Crippen LogP contribution < -0.4 is 10.6 Å². The lowest BCUT2D eigenvalue weighted by Crippen LogP contribution is -2.45. The Labute approximate surface area is 125 Å². The first kappa shape index (κ1) is 14.6. The van der Waals surface area contributed by atoms with Gasteiger partial charge >= 0.3 is 0 Å². The highest BCUT2D eigenvalue weighted by atomic mass is 16.5. The number of fused-ring (bicyclic) bond motifs is 1. The van der Waals surface area contributed by atoms with E-state index in [1.165, 1.54) is 0 Å². The van der Waals surface area contributed by atoms with Crippen molar-refractivity contribution in [3.63, 3.8) is 0 Å². The van der Waals surface area contributed by atoms with Crippen molar-refractivity contribution < 1.29 is 13.9 Å². The molecular formula is C16H24N2O3. The standard InChI is InChI=1S/C16H24N2O3/c1-2-7-17-14-10-20-9-12(14)16(19)18-13-4-3-5-15-11(13)6-8-21-15/h6,8,12-14,17H,2-5,7,9-10H2,1H3,(H,18,19). The first-order valence-electron chi connectivity index (χ1n) is 7.97. The van der Waals surface area contributed by atoms with E-state index in [4.69, 9.17) is 9.15 Å². The molecule has 3 rings (SSSR count). The van der Waals surface area contributed by atoms with Crippen molar-refractivity contribution in [3.05, 3.63) is 23.7 Å². The molecule has 2 aliphatic rings. The summed E-state index contributed by atoms with van der Waals surface area (Å²) in [7, 11) is 0. The maximum Gasteiger partial charge on any atom is 0.227 e. The first-order chi connectivity index (χ1) is 10.3. The summed E-state index contributed by atoms with van der Waals surface area (Å²) in [5, 5.41) is 6.60. The normalized spacial score (nSPS) is 28.3. The van der Waals surface area contributed by atoms with Crippen LogP contribution in [-0.2, 0) is 16.0 Å². The van der Waals surface area contributed by atoms with Crippen molar-refractivity contribution in [2.45, 2.75) is 44.7 Å². The van der Waals surface area contributed by atoms with Crippen LogP contribution in [0.1, 0.15) is 43.6 Å². The Morgan fingerprint density at radius 1 is 1.43 bits per heavy atom. The van der Waals surface area contributed by atoms with Gasteiger partial charge in [-0.15, -0.1) is 0 Å². The molecule has 0 radical (unpaired) electrons. The third-order valence-corrected chi connectivity index (χ3v) is 4.44. The van der Waals surface area contributed by atoms with Gasteiger partial charge in [0.1, 0.15) is 5.76 Å². The SMILES string of the molecule is CCCNC1COCC1C(=O)NC1CCCc2occc21. The van der Waals surface area contributed by atoms with Crippen molar-refractivity contribution in [1.82, 2.24) is 10.6 Å². The minimum absolute atomic E-state index is 0.0890. The zero-order valence-electron chi connectivity index (χ0n) is 12.6. The topological polar surface area (TPSA) is 63.5 Å². The van der Waals surface area contributed by atoms with E-state index in [1.54, 1.807) is 6.26 Å². The zero-order chi connectivity index (χ0) is 14.7. The molecule has 3 unspecified atom stereocenters. The number of carbonyl (C=O) groups is 1. The molecular weight excluding hydrogens is 268 g/mol. The summed E-state index contributed by atoms with van der Waals surface area (Å²) in [6.07, 6.45) is 5.80. The molecule has 1 aliphatic carbocycles. The van der Waals surface area contributed by atoms with E-state index in [2.05, 4.69) is 17.6 Å². The predicted molar refractivity (Wildman–Crippen MR) is 78.9 cm³/mol. The quantitative estimate of drug-likeness (QED) is 0.868. The Hall–Kier alpha value is -1.33. The van der Waals surface area contributed by atoms with Gasteiger partial charge in [0.25, 0.3) is 0 Å². The van der Waals surface area contributed by atoms with E-state index in [1.807, 2.05) is 6.07 Å². The van der Waals surface area contributed by atoms with Crippen molar-refractivity contribution in [2.24, 2.45) is 5.92 Å². The number of nitrogens with one attached hydrogen (secondary N) is 2. The lowest BCUT2D eigenvalue weighted by atomic mass is 9.92. The van der Waals surface area contributed by atoms with Crippen LogP contribution in [-0.4, -0.2) is 31.7 Å². The molecule has 5 nitrogen and oxygen atoms in total. The Bertz CT molecular complexity index is 486. The molecule has 1 fully saturated rings. The van der Waals surface area contributed by atoms with E-state index < -0.39 is 0 Å². The van der Waals surface area contributed by atoms with E-state index in [0.29, 0.717) is 13.2 Å². The maximum atomic E-state index is 12.6. The second-order valence-electron chi connectivity index (χ2n) is 5.96. The van der Waals surface area contributed by atoms with Crippen molar-refractivity contribution >= 4 is 5.91 Å². The van der Waals surface area contributed by atoms with Crippen LogP contribution in [0, 0.1) is 5.92 Å². The highest BCUT2D eigenvalue weighted by molar-refractivity contribution is 5.80. The number of hydrogen-bond acceptors (Lipinski definition) is 4. The van der Waals surface area contributed by atoms with Gasteiger partial charge in [0.2, 0.25) is 5.91 Å². The summed E-state index contributed by atoms with van der Waals surface area (Å²) >= 11 is 0. The Morgan fingerprint density at radius 3 is 3.19 bits per heavy atom. The fourth-order valence-corrected chi connectivity index (χ4v) is 3.26. The van der Waals surface area contributed by atoms with Crippen LogP contribution in [0.4, 0.5) is 0 Å². The highest BCUT2D eigenvalue weighted by Crippen LogP contribution is 2.31. The van der Waals surface area contributed by atoms with E-state index in [0.717, 1.165) is 43.6 Å². The van der Waals surface area contributed by atoms with Gasteiger partial charge in [-0.1, -0.05) is 6.92 Å². The molecule has 1 aliphatic heterocycles. The molecule has 1 saturated heterocycles. The number of amides is 1. The molecule has 0 bridgehead atoms. The summed E-state index contributed by atoms with van der Waals surface area (Å²) in [5.41, 5.74) is 1.14. The van der Waals surface area contributed by atoms with Crippen LogP contribution in [0.15, 0.2) is 16.7 Å². The van der Waals surface area contributed by atoms with Gasteiger partial charge in [-0.2, -0.15) is 0 Å². The van der Waals surface area contributed by atoms with Crippen molar-refractivity contribution in [3.8, 4) is 0 Å². The average Bonchev–Trinajstić information content (AvgIpc) is 3.14. The number of carbonyl (C=O) groups excluding carboxylic acids is 1. The van der Waals surface area contributed by atoms with Gasteiger partial charge in [-0.25, -0.2) is 0 Å². The number of furan rings is 1. The number of ether oxygens (including phenoxy) is 1. The molecule has 21 heavy (non-hydrogen) atoms. The van der Waals surface area contributed by atoms with Gasteiger partial charge < -0.3 is 19.8 Å². The smallest absolute Gasteiger partial charge is 0.227 e. The number of hydrogen-bond donors (Lipinski definition) is 2. The third kappa shape index (κ3) is 3.14. The molecule has 1 amide bonds. The third-order valence-electron chi connectivity index (χ3n) is 4.44. The molecule has 0 aromatic carbocycles. The zero-order valence-corrected chi connectivity index (χ0v) is 12.6. The van der Waals surface area contributed by atoms with Crippen LogP contribution in [0.2, 0.25) is 0 Å². The molecule has 3 atom stereocenters. The number of rotatable bonds is 5. The van der Waals surface area contributed by atoms with E-state index in [9.17, 15) is 4.79 Å². The van der Waals surface area contributed by atoms with Crippen LogP contribution in [0.5, 0.6) is 0 Å². The van der Waals surface area contributed by atoms with E-state index >= 15 is 0 Å². The van der Waals surface area contributed by atoms with Gasteiger partial charge in [0.05, 0.1) is 31.4 Å². The minimum Gasteiger partial charge on any atom is -0.469 e. The van der Waals surface area contributed by atoms with Gasteiger partial charge in [-0.05, 0) is 31.9 Å². The maximum absolute atomic E-state index is 12.6. The van der Waals surface area contributed by atoms with E-state index in [-0.39, 0.29) is 23.9 Å². The summed E-state index contributed by atoms with van der Waals surface area (Å²) < 4.78 is 11.0. The minimum atomic E-state index is -0.0890. The molecule has 2 N–H and O–H groups in total. The fraction of sp³-hybridized carbons (Fsp3) is 0.688.